The molecule has 0 heterocycles. The fraction of sp³-hybridized carbons (Fsp3) is 0.667. The Morgan fingerprint density at radius 3 is 2.17 bits per heavy atom. The van der Waals surface area contributed by atoms with Crippen LogP contribution in [0.2, 0.25) is 0 Å². The second-order valence-electron chi connectivity index (χ2n) is 4.38. The third-order valence-electron chi connectivity index (χ3n) is 1.63. The summed E-state index contributed by atoms with van der Waals surface area (Å²) in [6, 6.07) is -1.01. The lowest BCUT2D eigenvalue weighted by Gasteiger charge is -2.21. The van der Waals surface area contributed by atoms with Crippen LogP contribution in [0.5, 0.6) is 0 Å². The Morgan fingerprint density at radius 1 is 1.33 bits per heavy atom. The van der Waals surface area contributed by atoms with Crippen molar-refractivity contribution in [3.63, 3.8) is 0 Å². The lowest BCUT2D eigenvalue weighted by molar-refractivity contribution is -0.186. The van der Waals surface area contributed by atoms with E-state index in [0.717, 1.165) is 0 Å². The normalized spacial score (nSPS) is 11.6. The van der Waals surface area contributed by atoms with Crippen LogP contribution in [0.4, 0.5) is 9.32 Å². The van der Waals surface area contributed by atoms with Crippen LogP contribution in [0.15, 0.2) is 13.2 Å². The number of alkyl carbamates (subject to hydrolysis) is 1. The van der Waals surface area contributed by atoms with Crippen molar-refractivity contribution in [3.05, 3.63) is 13.2 Å². The Kier molecular flexibility index (Phi) is 9.84. The summed E-state index contributed by atoms with van der Waals surface area (Å²) < 4.78 is 16.6. The van der Waals surface area contributed by atoms with Gasteiger partial charge in [0.2, 0.25) is 0 Å². The number of hydrogen-bond acceptors (Lipinski definition) is 4. The first-order valence-electron chi connectivity index (χ1n) is 5.62. The number of hydrogen-bond donors (Lipinski definition) is 1. The molecule has 0 rings (SSSR count). The van der Waals surface area contributed by atoms with Crippen LogP contribution in [0.1, 0.15) is 40.5 Å². The minimum Gasteiger partial charge on any atom is -0.444 e. The summed E-state index contributed by atoms with van der Waals surface area (Å²) in [5.41, 5.74) is -0.666. The number of amides is 1. The second kappa shape index (κ2) is 9.44. The minimum absolute atomic E-state index is 0.294. The van der Waals surface area contributed by atoms with E-state index in [1.807, 2.05) is 0 Å². The average Bonchev–Trinajstić information content (AvgIpc) is 2.27. The highest BCUT2D eigenvalue weighted by Crippen LogP contribution is 2.08. The number of ether oxygens (including phenoxy) is 1. The molecule has 0 saturated heterocycles. The van der Waals surface area contributed by atoms with Crippen LogP contribution in [-0.2, 0) is 14.5 Å². The molecule has 0 aliphatic carbocycles. The molecule has 0 radical (unpaired) electrons. The van der Waals surface area contributed by atoms with Crippen molar-refractivity contribution in [2.24, 2.45) is 0 Å². The van der Waals surface area contributed by atoms with Gasteiger partial charge >= 0.3 is 12.1 Å². The fourth-order valence-electron chi connectivity index (χ4n) is 1.04. The van der Waals surface area contributed by atoms with Gasteiger partial charge in [-0.05, 0) is 27.2 Å². The standard InChI is InChI=1S/C10H18FNO4.C2H4/c1-5-6-7(8(13)16-11)12-9(14)15-10(2,3)4;1-2/h7H,5-6H2,1-4H3,(H,12,14);1-2H2/t7-;/m0./s1. The van der Waals surface area contributed by atoms with E-state index < -0.39 is 23.7 Å². The number of carbonyl (C=O) groups excluding carboxylic acids is 2. The number of rotatable bonds is 4. The van der Waals surface area contributed by atoms with Crippen molar-refractivity contribution in [2.75, 3.05) is 0 Å². The topological polar surface area (TPSA) is 64.6 Å². The number of carbonyl (C=O) groups is 2. The van der Waals surface area contributed by atoms with Crippen LogP contribution >= 0.6 is 0 Å². The van der Waals surface area contributed by atoms with Gasteiger partial charge in [0, 0.05) is 4.53 Å². The molecule has 0 aliphatic rings. The van der Waals surface area contributed by atoms with Gasteiger partial charge in [0.05, 0.1) is 0 Å². The lowest BCUT2D eigenvalue weighted by atomic mass is 10.2. The van der Waals surface area contributed by atoms with Crippen molar-refractivity contribution in [1.29, 1.82) is 0 Å². The minimum atomic E-state index is -1.12. The molecule has 106 valence electrons. The molecule has 1 N–H and O–H groups in total. The molecular weight excluding hydrogens is 241 g/mol. The van der Waals surface area contributed by atoms with Crippen LogP contribution in [-0.4, -0.2) is 23.7 Å². The van der Waals surface area contributed by atoms with E-state index in [9.17, 15) is 14.1 Å². The van der Waals surface area contributed by atoms with E-state index in [1.54, 1.807) is 27.7 Å². The summed E-state index contributed by atoms with van der Waals surface area (Å²) in [6.45, 7) is 12.9. The van der Waals surface area contributed by atoms with E-state index in [2.05, 4.69) is 23.4 Å². The summed E-state index contributed by atoms with van der Waals surface area (Å²) in [6.07, 6.45) is 0.133. The Labute approximate surface area is 107 Å². The van der Waals surface area contributed by atoms with Gasteiger partial charge in [-0.25, -0.2) is 9.59 Å². The molecule has 0 aliphatic heterocycles. The van der Waals surface area contributed by atoms with Crippen LogP contribution < -0.4 is 5.32 Å². The molecule has 5 nitrogen and oxygen atoms in total. The van der Waals surface area contributed by atoms with E-state index in [-0.39, 0.29) is 0 Å². The van der Waals surface area contributed by atoms with Gasteiger partial charge in [-0.1, -0.05) is 13.3 Å². The Hall–Kier alpha value is -1.59. The first-order valence-corrected chi connectivity index (χ1v) is 5.62. The SMILES string of the molecule is C=C.CCC[C@H](NC(=O)OC(C)(C)C)C(=O)OF. The monoisotopic (exact) mass is 263 g/mol. The summed E-state index contributed by atoms with van der Waals surface area (Å²) in [7, 11) is 0. The molecule has 0 fully saturated rings. The first kappa shape index (κ1) is 18.8. The lowest BCUT2D eigenvalue weighted by Crippen LogP contribution is -2.43. The van der Waals surface area contributed by atoms with Crippen molar-refractivity contribution >= 4 is 12.1 Å². The molecule has 0 unspecified atom stereocenters. The number of nitrogens with one attached hydrogen (secondary N) is 1. The van der Waals surface area contributed by atoms with Crippen molar-refractivity contribution in [1.82, 2.24) is 5.32 Å². The number of halogens is 1. The molecule has 1 atom stereocenters. The third-order valence-corrected chi connectivity index (χ3v) is 1.63. The molecule has 0 aromatic carbocycles. The van der Waals surface area contributed by atoms with Crippen molar-refractivity contribution < 1.29 is 23.8 Å². The molecular formula is C12H22FNO4. The van der Waals surface area contributed by atoms with E-state index in [1.165, 1.54) is 0 Å². The zero-order valence-corrected chi connectivity index (χ0v) is 11.4. The zero-order valence-electron chi connectivity index (χ0n) is 11.4. The van der Waals surface area contributed by atoms with Gasteiger partial charge in [-0.3, -0.25) is 4.94 Å². The molecule has 18 heavy (non-hydrogen) atoms. The molecule has 0 aromatic heterocycles. The predicted octanol–water partition coefficient (Wildman–Crippen LogP) is 2.91. The summed E-state index contributed by atoms with van der Waals surface area (Å²) in [5, 5.41) is 2.25. The molecule has 0 spiro atoms. The van der Waals surface area contributed by atoms with Gasteiger partial charge in [0.25, 0.3) is 0 Å². The maximum Gasteiger partial charge on any atom is 0.408 e. The first-order chi connectivity index (χ1) is 8.30. The molecule has 1 amide bonds. The highest BCUT2D eigenvalue weighted by atomic mass is 19.3. The Morgan fingerprint density at radius 2 is 1.83 bits per heavy atom. The van der Waals surface area contributed by atoms with Gasteiger partial charge in [-0.2, -0.15) is 0 Å². The second-order valence-corrected chi connectivity index (χ2v) is 4.38. The third kappa shape index (κ3) is 9.62. The maximum absolute atomic E-state index is 11.7. The molecule has 0 aromatic rings. The Bertz CT molecular complexity index is 263. The highest BCUT2D eigenvalue weighted by molar-refractivity contribution is 5.80. The van der Waals surface area contributed by atoms with E-state index in [4.69, 9.17) is 4.74 Å². The highest BCUT2D eigenvalue weighted by Gasteiger charge is 2.25. The van der Waals surface area contributed by atoms with Gasteiger partial charge in [0.15, 0.2) is 0 Å². The quantitative estimate of drug-likeness (QED) is 0.792. The fourth-order valence-corrected chi connectivity index (χ4v) is 1.04. The van der Waals surface area contributed by atoms with Gasteiger partial charge < -0.3 is 10.1 Å². The van der Waals surface area contributed by atoms with Crippen LogP contribution in [0.3, 0.4) is 0 Å². The van der Waals surface area contributed by atoms with Crippen LogP contribution in [0.25, 0.3) is 0 Å². The zero-order chi connectivity index (χ0) is 14.8. The molecule has 6 heteroatoms. The average molecular weight is 263 g/mol. The maximum atomic E-state index is 11.7. The Balaban J connectivity index is 0. The molecule has 0 bridgehead atoms. The van der Waals surface area contributed by atoms with Gasteiger partial charge in [0.1, 0.15) is 11.6 Å². The van der Waals surface area contributed by atoms with Gasteiger partial charge in [-0.15, -0.1) is 13.2 Å². The summed E-state index contributed by atoms with van der Waals surface area (Å²) in [4.78, 5) is 25.3. The summed E-state index contributed by atoms with van der Waals surface area (Å²) in [5.74, 6) is -1.12. The smallest absolute Gasteiger partial charge is 0.408 e. The molecule has 0 saturated carbocycles. The summed E-state index contributed by atoms with van der Waals surface area (Å²) >= 11 is 0. The van der Waals surface area contributed by atoms with E-state index in [0.29, 0.717) is 12.8 Å². The van der Waals surface area contributed by atoms with Crippen molar-refractivity contribution in [2.45, 2.75) is 52.2 Å². The van der Waals surface area contributed by atoms with Crippen LogP contribution in [0, 0.1) is 0 Å². The van der Waals surface area contributed by atoms with Crippen molar-refractivity contribution in [3.8, 4) is 0 Å². The predicted molar refractivity (Wildman–Crippen MR) is 66.5 cm³/mol. The van der Waals surface area contributed by atoms with E-state index >= 15 is 0 Å². The largest absolute Gasteiger partial charge is 0.444 e.